The second kappa shape index (κ2) is 6.10. The van der Waals surface area contributed by atoms with Crippen LogP contribution in [-0.4, -0.2) is 27.5 Å². The molecule has 2 aromatic rings. The van der Waals surface area contributed by atoms with Crippen molar-refractivity contribution in [1.82, 2.24) is 15.1 Å². The number of halogens is 2. The molecule has 0 saturated heterocycles. The van der Waals surface area contributed by atoms with Crippen LogP contribution in [0.25, 0.3) is 0 Å². The van der Waals surface area contributed by atoms with Gasteiger partial charge in [-0.1, -0.05) is 0 Å². The average Bonchev–Trinajstić information content (AvgIpc) is 2.83. The molecule has 2 amide bonds. The van der Waals surface area contributed by atoms with Crippen molar-refractivity contribution in [2.75, 3.05) is 11.9 Å². The molecule has 2 rings (SSSR count). The van der Waals surface area contributed by atoms with E-state index in [2.05, 4.69) is 15.7 Å². The van der Waals surface area contributed by atoms with Crippen molar-refractivity contribution in [3.05, 3.63) is 47.8 Å². The Labute approximate surface area is 125 Å². The number of hydrogen-bond donors (Lipinski definition) is 3. The molecule has 0 aliphatic heterocycles. The number of benzene rings is 1. The highest BCUT2D eigenvalue weighted by atomic mass is 19.1. The van der Waals surface area contributed by atoms with Gasteiger partial charge in [0, 0.05) is 30.6 Å². The van der Waals surface area contributed by atoms with Gasteiger partial charge >= 0.3 is 6.03 Å². The fraction of sp³-hybridized carbons (Fsp3) is 0.286. The Kier molecular flexibility index (Phi) is 4.41. The molecule has 1 aromatic carbocycles. The first-order chi connectivity index (χ1) is 10.3. The predicted molar refractivity (Wildman–Crippen MR) is 76.2 cm³/mol. The third-order valence-electron chi connectivity index (χ3n) is 3.04. The van der Waals surface area contributed by atoms with Gasteiger partial charge in [0.1, 0.15) is 17.2 Å². The number of carbonyl (C=O) groups is 1. The van der Waals surface area contributed by atoms with Crippen LogP contribution in [-0.2, 0) is 12.6 Å². The number of nitrogens with one attached hydrogen (secondary N) is 2. The van der Waals surface area contributed by atoms with Crippen LogP contribution in [0.2, 0.25) is 0 Å². The molecule has 3 N–H and O–H groups in total. The Morgan fingerprint density at radius 3 is 2.55 bits per heavy atom. The van der Waals surface area contributed by atoms with E-state index in [1.165, 1.54) is 17.8 Å². The highest BCUT2D eigenvalue weighted by molar-refractivity contribution is 5.89. The highest BCUT2D eigenvalue weighted by Crippen LogP contribution is 2.18. The molecule has 8 heteroatoms. The third kappa shape index (κ3) is 4.01. The Hall–Kier alpha value is -2.48. The standard InChI is InChI=1S/C14H16F2N4O2/c1-14(22,9-6-18-20(2)7-9)8-17-13(21)19-12-4-10(15)3-11(16)5-12/h3-7,22H,8H2,1-2H3,(H2,17,19,21). The van der Waals surface area contributed by atoms with Gasteiger partial charge in [0.2, 0.25) is 0 Å². The molecular formula is C14H16F2N4O2. The van der Waals surface area contributed by atoms with Crippen LogP contribution >= 0.6 is 0 Å². The van der Waals surface area contributed by atoms with Crippen molar-refractivity contribution in [1.29, 1.82) is 0 Å². The highest BCUT2D eigenvalue weighted by Gasteiger charge is 2.25. The van der Waals surface area contributed by atoms with Crippen molar-refractivity contribution in [2.24, 2.45) is 7.05 Å². The van der Waals surface area contributed by atoms with Crippen molar-refractivity contribution in [3.63, 3.8) is 0 Å². The molecule has 22 heavy (non-hydrogen) atoms. The van der Waals surface area contributed by atoms with Gasteiger partial charge in [-0.3, -0.25) is 4.68 Å². The van der Waals surface area contributed by atoms with Crippen LogP contribution in [0.1, 0.15) is 12.5 Å². The maximum Gasteiger partial charge on any atom is 0.319 e. The van der Waals surface area contributed by atoms with Gasteiger partial charge in [0.25, 0.3) is 0 Å². The zero-order valence-corrected chi connectivity index (χ0v) is 12.1. The van der Waals surface area contributed by atoms with Gasteiger partial charge in [0.05, 0.1) is 12.7 Å². The van der Waals surface area contributed by atoms with E-state index >= 15 is 0 Å². The summed E-state index contributed by atoms with van der Waals surface area (Å²) in [6.07, 6.45) is 3.11. The summed E-state index contributed by atoms with van der Waals surface area (Å²) in [5, 5.41) is 19.0. The smallest absolute Gasteiger partial charge is 0.319 e. The predicted octanol–water partition coefficient (Wildman–Crippen LogP) is 1.73. The molecule has 1 unspecified atom stereocenters. The molecule has 118 valence electrons. The summed E-state index contributed by atoms with van der Waals surface area (Å²) < 4.78 is 27.6. The lowest BCUT2D eigenvalue weighted by Gasteiger charge is -2.22. The van der Waals surface area contributed by atoms with Crippen molar-refractivity contribution < 1.29 is 18.7 Å². The first-order valence-corrected chi connectivity index (χ1v) is 6.49. The summed E-state index contributed by atoms with van der Waals surface area (Å²) in [7, 11) is 1.71. The first kappa shape index (κ1) is 15.9. The fourth-order valence-electron chi connectivity index (χ4n) is 1.86. The fourth-order valence-corrected chi connectivity index (χ4v) is 1.86. The summed E-state index contributed by atoms with van der Waals surface area (Å²) in [6.45, 7) is 1.43. The molecule has 6 nitrogen and oxygen atoms in total. The zero-order chi connectivity index (χ0) is 16.3. The average molecular weight is 310 g/mol. The molecule has 0 bridgehead atoms. The van der Waals surface area contributed by atoms with Crippen LogP contribution in [0, 0.1) is 11.6 Å². The van der Waals surface area contributed by atoms with Gasteiger partial charge in [0.15, 0.2) is 0 Å². The lowest BCUT2D eigenvalue weighted by Crippen LogP contribution is -2.40. The van der Waals surface area contributed by atoms with Gasteiger partial charge in [-0.25, -0.2) is 13.6 Å². The molecule has 1 heterocycles. The lowest BCUT2D eigenvalue weighted by atomic mass is 10.00. The number of amides is 2. The van der Waals surface area contributed by atoms with Crippen LogP contribution < -0.4 is 10.6 Å². The molecule has 0 radical (unpaired) electrons. The summed E-state index contributed by atoms with van der Waals surface area (Å²) in [5.41, 5.74) is -0.804. The lowest BCUT2D eigenvalue weighted by molar-refractivity contribution is 0.0599. The minimum Gasteiger partial charge on any atom is -0.383 e. The number of carbonyl (C=O) groups excluding carboxylic acids is 1. The minimum atomic E-state index is -1.32. The SMILES string of the molecule is Cn1cc(C(C)(O)CNC(=O)Nc2cc(F)cc(F)c2)cn1. The Bertz CT molecular complexity index is 665. The number of anilines is 1. The van der Waals surface area contributed by atoms with E-state index in [0.717, 1.165) is 12.1 Å². The van der Waals surface area contributed by atoms with Crippen molar-refractivity contribution in [3.8, 4) is 0 Å². The second-order valence-corrected chi connectivity index (χ2v) is 5.14. The van der Waals surface area contributed by atoms with E-state index in [1.54, 1.807) is 13.2 Å². The van der Waals surface area contributed by atoms with E-state index in [9.17, 15) is 18.7 Å². The van der Waals surface area contributed by atoms with Crippen molar-refractivity contribution in [2.45, 2.75) is 12.5 Å². The topological polar surface area (TPSA) is 79.2 Å². The number of nitrogens with zero attached hydrogens (tertiary/aromatic N) is 2. The Morgan fingerprint density at radius 1 is 1.36 bits per heavy atom. The number of rotatable bonds is 4. The van der Waals surface area contributed by atoms with Gasteiger partial charge in [-0.15, -0.1) is 0 Å². The van der Waals surface area contributed by atoms with Crippen LogP contribution in [0.4, 0.5) is 19.3 Å². The van der Waals surface area contributed by atoms with Crippen LogP contribution in [0.15, 0.2) is 30.6 Å². The largest absolute Gasteiger partial charge is 0.383 e. The van der Waals surface area contributed by atoms with Gasteiger partial charge in [-0.2, -0.15) is 5.10 Å². The van der Waals surface area contributed by atoms with Crippen LogP contribution in [0.3, 0.4) is 0 Å². The van der Waals surface area contributed by atoms with Gasteiger partial charge in [-0.05, 0) is 19.1 Å². The molecule has 0 fully saturated rings. The van der Waals surface area contributed by atoms with Crippen molar-refractivity contribution >= 4 is 11.7 Å². The summed E-state index contributed by atoms with van der Waals surface area (Å²) in [6, 6.07) is 1.99. The zero-order valence-electron chi connectivity index (χ0n) is 12.1. The molecule has 0 aliphatic rings. The summed E-state index contributed by atoms with van der Waals surface area (Å²) in [4.78, 5) is 11.7. The maximum absolute atomic E-state index is 13.0. The number of hydrogen-bond acceptors (Lipinski definition) is 3. The monoisotopic (exact) mass is 310 g/mol. The molecule has 0 saturated carbocycles. The maximum atomic E-state index is 13.0. The number of urea groups is 1. The normalized spacial score (nSPS) is 13.5. The molecule has 1 atom stereocenters. The Balaban J connectivity index is 1.95. The third-order valence-corrected chi connectivity index (χ3v) is 3.04. The summed E-state index contributed by atoms with van der Waals surface area (Å²) in [5.74, 6) is -1.59. The van der Waals surface area contributed by atoms with E-state index in [1.807, 2.05) is 0 Å². The van der Waals surface area contributed by atoms with E-state index < -0.39 is 23.3 Å². The summed E-state index contributed by atoms with van der Waals surface area (Å²) >= 11 is 0. The Morgan fingerprint density at radius 2 is 2.00 bits per heavy atom. The minimum absolute atomic E-state index is 0.0176. The molecule has 0 aliphatic carbocycles. The second-order valence-electron chi connectivity index (χ2n) is 5.14. The first-order valence-electron chi connectivity index (χ1n) is 6.49. The quantitative estimate of drug-likeness (QED) is 0.804. The molecule has 0 spiro atoms. The van der Waals surface area contributed by atoms with Gasteiger partial charge < -0.3 is 15.7 Å². The van der Waals surface area contributed by atoms with Crippen LogP contribution in [0.5, 0.6) is 0 Å². The van der Waals surface area contributed by atoms with E-state index in [-0.39, 0.29) is 12.2 Å². The number of aromatic nitrogens is 2. The van der Waals surface area contributed by atoms with E-state index in [4.69, 9.17) is 0 Å². The molecular weight excluding hydrogens is 294 g/mol. The van der Waals surface area contributed by atoms with E-state index in [0.29, 0.717) is 11.6 Å². The number of aliphatic hydroxyl groups is 1. The number of aryl methyl sites for hydroxylation is 1. The molecule has 1 aromatic heterocycles.